The number of aromatic nitrogens is 3. The van der Waals surface area contributed by atoms with Crippen LogP contribution in [0.3, 0.4) is 0 Å². The van der Waals surface area contributed by atoms with Gasteiger partial charge in [0.2, 0.25) is 0 Å². The normalized spacial score (nSPS) is 13.7. The second-order valence-corrected chi connectivity index (χ2v) is 9.34. The molecule has 0 aliphatic heterocycles. The topological polar surface area (TPSA) is 83.1 Å². The van der Waals surface area contributed by atoms with Crippen LogP contribution in [0.15, 0.2) is 29.6 Å². The van der Waals surface area contributed by atoms with Crippen molar-refractivity contribution in [3.05, 3.63) is 57.0 Å². The van der Waals surface area contributed by atoms with Crippen LogP contribution >= 0.6 is 22.7 Å². The van der Waals surface area contributed by atoms with Crippen LogP contribution in [0.4, 0.5) is 18.2 Å². The minimum atomic E-state index is -4.69. The molecule has 11 heteroatoms. The summed E-state index contributed by atoms with van der Waals surface area (Å²) in [4.78, 5) is 18.8. The summed E-state index contributed by atoms with van der Waals surface area (Å²) < 4.78 is 41.8. The molecule has 0 aromatic carbocycles. The largest absolute Gasteiger partial charge is 0.433 e. The van der Waals surface area contributed by atoms with Gasteiger partial charge in [-0.3, -0.25) is 4.79 Å². The molecule has 1 amide bonds. The van der Waals surface area contributed by atoms with E-state index in [0.29, 0.717) is 20.0 Å². The molecule has 0 fully saturated rings. The number of nitriles is 1. The van der Waals surface area contributed by atoms with Gasteiger partial charge in [-0.25, -0.2) is 9.50 Å². The highest BCUT2D eigenvalue weighted by atomic mass is 32.1. The van der Waals surface area contributed by atoms with Gasteiger partial charge >= 0.3 is 6.18 Å². The van der Waals surface area contributed by atoms with Gasteiger partial charge in [0, 0.05) is 10.9 Å². The fourth-order valence-electron chi connectivity index (χ4n) is 3.78. The van der Waals surface area contributed by atoms with Gasteiger partial charge in [-0.15, -0.1) is 22.7 Å². The Labute approximate surface area is 188 Å². The van der Waals surface area contributed by atoms with Gasteiger partial charge in [0.25, 0.3) is 5.91 Å². The van der Waals surface area contributed by atoms with Crippen LogP contribution in [-0.2, 0) is 19.0 Å². The van der Waals surface area contributed by atoms with Gasteiger partial charge in [0.15, 0.2) is 17.0 Å². The molecule has 5 rings (SSSR count). The lowest BCUT2D eigenvalue weighted by Gasteiger charge is -2.10. The summed E-state index contributed by atoms with van der Waals surface area (Å²) in [5.41, 5.74) is 0.228. The molecule has 1 aliphatic rings. The van der Waals surface area contributed by atoms with Gasteiger partial charge in [-0.1, -0.05) is 6.07 Å². The summed E-state index contributed by atoms with van der Waals surface area (Å²) in [5.74, 6) is -0.684. The first kappa shape index (κ1) is 20.7. The van der Waals surface area contributed by atoms with Crippen LogP contribution in [0.25, 0.3) is 16.2 Å². The third kappa shape index (κ3) is 3.55. The predicted octanol–water partition coefficient (Wildman–Crippen LogP) is 5.54. The minimum Gasteiger partial charge on any atom is -0.311 e. The number of thiophene rings is 2. The van der Waals surface area contributed by atoms with E-state index in [0.717, 1.165) is 42.2 Å². The summed E-state index contributed by atoms with van der Waals surface area (Å²) in [6.45, 7) is 0. The van der Waals surface area contributed by atoms with Crippen molar-refractivity contribution in [2.45, 2.75) is 31.9 Å². The number of amides is 1. The van der Waals surface area contributed by atoms with Crippen molar-refractivity contribution in [1.82, 2.24) is 14.6 Å². The standard InChI is InChI=1S/C21H14F3N5OS2/c22-21(23,24)17-8-13(16-6-3-7-31-16)26-18-9-14(28-29(17)18)19(30)27-20-12(10-25)11-4-1-2-5-15(11)32-20/h3,6-9H,1-2,4-5H2,(H,27,30). The smallest absolute Gasteiger partial charge is 0.311 e. The molecule has 4 aromatic rings. The Morgan fingerprint density at radius 2 is 2.06 bits per heavy atom. The van der Waals surface area contributed by atoms with Crippen molar-refractivity contribution < 1.29 is 18.0 Å². The number of anilines is 1. The van der Waals surface area contributed by atoms with E-state index in [9.17, 15) is 23.2 Å². The first-order valence-corrected chi connectivity index (χ1v) is 11.4. The summed E-state index contributed by atoms with van der Waals surface area (Å²) in [7, 11) is 0. The monoisotopic (exact) mass is 473 g/mol. The molecular formula is C21H14F3N5OS2. The molecule has 1 N–H and O–H groups in total. The van der Waals surface area contributed by atoms with Crippen LogP contribution in [0, 0.1) is 11.3 Å². The lowest BCUT2D eigenvalue weighted by molar-refractivity contribution is -0.142. The van der Waals surface area contributed by atoms with E-state index >= 15 is 0 Å². The van der Waals surface area contributed by atoms with E-state index in [4.69, 9.17) is 0 Å². The fraction of sp³-hybridized carbons (Fsp3) is 0.238. The number of carbonyl (C=O) groups is 1. The third-order valence-electron chi connectivity index (χ3n) is 5.23. The second kappa shape index (κ2) is 7.72. The number of halogens is 3. The molecule has 6 nitrogen and oxygen atoms in total. The molecule has 0 spiro atoms. The lowest BCUT2D eigenvalue weighted by Crippen LogP contribution is -2.15. The maximum Gasteiger partial charge on any atom is 0.433 e. The van der Waals surface area contributed by atoms with Gasteiger partial charge in [-0.05, 0) is 48.8 Å². The van der Waals surface area contributed by atoms with Crippen molar-refractivity contribution in [2.75, 3.05) is 5.32 Å². The molecule has 0 bridgehead atoms. The van der Waals surface area contributed by atoms with E-state index in [1.807, 2.05) is 0 Å². The lowest BCUT2D eigenvalue weighted by atomic mass is 9.96. The molecule has 0 saturated carbocycles. The quantitative estimate of drug-likeness (QED) is 0.423. The highest BCUT2D eigenvalue weighted by molar-refractivity contribution is 7.16. The average molecular weight is 474 g/mol. The molecule has 32 heavy (non-hydrogen) atoms. The van der Waals surface area contributed by atoms with E-state index in [1.165, 1.54) is 28.7 Å². The summed E-state index contributed by atoms with van der Waals surface area (Å²) in [6, 6.07) is 7.70. The molecule has 162 valence electrons. The van der Waals surface area contributed by atoms with Gasteiger partial charge < -0.3 is 5.32 Å². The number of nitrogens with zero attached hydrogens (tertiary/aromatic N) is 4. The Balaban J connectivity index is 1.55. The maximum atomic E-state index is 13.7. The van der Waals surface area contributed by atoms with Crippen LogP contribution in [0.5, 0.6) is 0 Å². The van der Waals surface area contributed by atoms with Gasteiger partial charge in [-0.2, -0.15) is 23.5 Å². The van der Waals surface area contributed by atoms with E-state index in [1.54, 1.807) is 17.5 Å². The van der Waals surface area contributed by atoms with E-state index in [2.05, 4.69) is 21.5 Å². The molecule has 4 heterocycles. The highest BCUT2D eigenvalue weighted by Crippen LogP contribution is 2.38. The van der Waals surface area contributed by atoms with Crippen molar-refractivity contribution in [3.63, 3.8) is 0 Å². The first-order valence-electron chi connectivity index (χ1n) is 9.73. The zero-order valence-corrected chi connectivity index (χ0v) is 18.0. The van der Waals surface area contributed by atoms with Crippen LogP contribution < -0.4 is 5.32 Å². The van der Waals surface area contributed by atoms with E-state index < -0.39 is 17.8 Å². The molecule has 0 unspecified atom stereocenters. The van der Waals surface area contributed by atoms with Crippen molar-refractivity contribution in [1.29, 1.82) is 5.26 Å². The Morgan fingerprint density at radius 3 is 2.78 bits per heavy atom. The summed E-state index contributed by atoms with van der Waals surface area (Å²) in [6.07, 6.45) is -1.05. The molecule has 0 saturated heterocycles. The third-order valence-corrected chi connectivity index (χ3v) is 7.33. The summed E-state index contributed by atoms with van der Waals surface area (Å²) in [5, 5.41) is 18.3. The zero-order chi connectivity index (χ0) is 22.5. The molecule has 4 aromatic heterocycles. The Morgan fingerprint density at radius 1 is 1.25 bits per heavy atom. The number of aryl methyl sites for hydroxylation is 1. The Hall–Kier alpha value is -3.23. The van der Waals surface area contributed by atoms with E-state index in [-0.39, 0.29) is 17.0 Å². The minimum absolute atomic E-state index is 0.0839. The number of rotatable bonds is 3. The number of carbonyl (C=O) groups excluding carboxylic acids is 1. The second-order valence-electron chi connectivity index (χ2n) is 7.28. The number of hydrogen-bond acceptors (Lipinski definition) is 6. The zero-order valence-electron chi connectivity index (χ0n) is 16.4. The predicted molar refractivity (Wildman–Crippen MR) is 115 cm³/mol. The average Bonchev–Trinajstić information content (AvgIpc) is 3.49. The number of hydrogen-bond donors (Lipinski definition) is 1. The first-order chi connectivity index (χ1) is 15.3. The number of alkyl halides is 3. The Kier molecular flexibility index (Phi) is 4.98. The molecule has 0 atom stereocenters. The van der Waals surface area contributed by atoms with Crippen molar-refractivity contribution >= 4 is 39.2 Å². The number of fused-ring (bicyclic) bond motifs is 2. The van der Waals surface area contributed by atoms with Crippen LogP contribution in [0.1, 0.15) is 45.0 Å². The molecule has 0 radical (unpaired) electrons. The van der Waals surface area contributed by atoms with Gasteiger partial charge in [0.05, 0.1) is 16.1 Å². The van der Waals surface area contributed by atoms with Crippen LogP contribution in [-0.4, -0.2) is 20.5 Å². The Bertz CT molecular complexity index is 1380. The van der Waals surface area contributed by atoms with Crippen LogP contribution in [0.2, 0.25) is 0 Å². The van der Waals surface area contributed by atoms with Crippen molar-refractivity contribution in [2.24, 2.45) is 0 Å². The fourth-order valence-corrected chi connectivity index (χ4v) is 5.70. The number of nitrogens with one attached hydrogen (secondary N) is 1. The van der Waals surface area contributed by atoms with Gasteiger partial charge in [0.1, 0.15) is 11.1 Å². The van der Waals surface area contributed by atoms with Crippen molar-refractivity contribution in [3.8, 4) is 16.6 Å². The highest BCUT2D eigenvalue weighted by Gasteiger charge is 2.36. The molecular weight excluding hydrogens is 459 g/mol. The molecule has 1 aliphatic carbocycles. The summed E-state index contributed by atoms with van der Waals surface area (Å²) >= 11 is 2.61. The maximum absolute atomic E-state index is 13.7. The SMILES string of the molecule is N#Cc1c(NC(=O)c2cc3nc(-c4cccs4)cc(C(F)(F)F)n3n2)sc2c1CCCC2.